The Kier molecular flexibility index (Phi) is 6.14. The van der Waals surface area contributed by atoms with Gasteiger partial charge in [-0.25, -0.2) is 4.98 Å². The number of amides is 2. The number of nitrogens with zero attached hydrogens (tertiary/aromatic N) is 2. The minimum atomic E-state index is -0.458. The summed E-state index contributed by atoms with van der Waals surface area (Å²) in [6.45, 7) is 4.00. The highest BCUT2D eigenvalue weighted by Gasteiger charge is 2.16. The molecule has 25 heavy (non-hydrogen) atoms. The average Bonchev–Trinajstić information content (AvgIpc) is 2.91. The molecule has 0 spiro atoms. The summed E-state index contributed by atoms with van der Waals surface area (Å²) in [5, 5.41) is 11.6. The van der Waals surface area contributed by atoms with Gasteiger partial charge in [0, 0.05) is 25.7 Å². The van der Waals surface area contributed by atoms with Gasteiger partial charge in [-0.2, -0.15) is 0 Å². The number of anilines is 3. The van der Waals surface area contributed by atoms with Gasteiger partial charge >= 0.3 is 0 Å². The molecule has 5 N–H and O–H groups in total. The molecule has 0 bridgehead atoms. The van der Waals surface area contributed by atoms with Gasteiger partial charge in [0.05, 0.1) is 16.9 Å². The monoisotopic (exact) mass is 362 g/mol. The molecule has 1 aromatic carbocycles. The molecule has 2 amide bonds. The molecule has 2 rings (SSSR count). The first kappa shape index (κ1) is 18.5. The summed E-state index contributed by atoms with van der Waals surface area (Å²) in [5.41, 5.74) is 7.24. The lowest BCUT2D eigenvalue weighted by Crippen LogP contribution is -2.18. The second kappa shape index (κ2) is 8.31. The molecular formula is C15H18N6O3S. The highest BCUT2D eigenvalue weighted by molar-refractivity contribution is 7.19. The SMILES string of the molecule is CC(=O)Nc1cc(NCCN)ccc1C(=O)Nc1nc(C)c(N=O)s1. The van der Waals surface area contributed by atoms with E-state index in [1.807, 2.05) is 0 Å². The van der Waals surface area contributed by atoms with Crippen LogP contribution >= 0.6 is 11.3 Å². The first-order valence-corrected chi connectivity index (χ1v) is 8.24. The van der Waals surface area contributed by atoms with Crippen LogP contribution in [0.15, 0.2) is 23.4 Å². The smallest absolute Gasteiger partial charge is 0.259 e. The number of benzene rings is 1. The Morgan fingerprint density at radius 2 is 2.08 bits per heavy atom. The zero-order chi connectivity index (χ0) is 18.4. The second-order valence-corrected chi connectivity index (χ2v) is 6.09. The molecule has 0 aliphatic carbocycles. The summed E-state index contributed by atoms with van der Waals surface area (Å²) in [7, 11) is 0. The van der Waals surface area contributed by atoms with Crippen LogP contribution in [-0.2, 0) is 4.79 Å². The number of hydrogen-bond donors (Lipinski definition) is 4. The minimum absolute atomic E-state index is 0.207. The fraction of sp³-hybridized carbons (Fsp3) is 0.267. The van der Waals surface area contributed by atoms with Crippen LogP contribution in [0.3, 0.4) is 0 Å². The summed E-state index contributed by atoms with van der Waals surface area (Å²) in [6, 6.07) is 4.94. The van der Waals surface area contributed by atoms with Crippen LogP contribution in [0.5, 0.6) is 0 Å². The van der Waals surface area contributed by atoms with Crippen LogP contribution in [0.4, 0.5) is 21.5 Å². The van der Waals surface area contributed by atoms with Crippen molar-refractivity contribution >= 4 is 44.7 Å². The third-order valence-electron chi connectivity index (χ3n) is 3.12. The van der Waals surface area contributed by atoms with E-state index >= 15 is 0 Å². The van der Waals surface area contributed by atoms with Gasteiger partial charge in [0.15, 0.2) is 10.1 Å². The van der Waals surface area contributed by atoms with Gasteiger partial charge in [-0.05, 0) is 30.3 Å². The minimum Gasteiger partial charge on any atom is -0.384 e. The summed E-state index contributed by atoms with van der Waals surface area (Å²) in [4.78, 5) is 38.6. The molecule has 0 saturated carbocycles. The van der Waals surface area contributed by atoms with Crippen LogP contribution in [0, 0.1) is 11.8 Å². The Morgan fingerprint density at radius 3 is 2.68 bits per heavy atom. The first-order chi connectivity index (χ1) is 11.9. The van der Waals surface area contributed by atoms with E-state index in [1.54, 1.807) is 25.1 Å². The Hall–Kier alpha value is -2.85. The molecule has 2 aromatic rings. The highest BCUT2D eigenvalue weighted by atomic mass is 32.1. The van der Waals surface area contributed by atoms with Gasteiger partial charge in [0.1, 0.15) is 0 Å². The summed E-state index contributed by atoms with van der Waals surface area (Å²) in [5.74, 6) is -0.761. The van der Waals surface area contributed by atoms with Crippen molar-refractivity contribution in [1.29, 1.82) is 0 Å². The number of hydrogen-bond acceptors (Lipinski definition) is 8. The summed E-state index contributed by atoms with van der Waals surface area (Å²) < 4.78 is 0. The van der Waals surface area contributed by atoms with Crippen molar-refractivity contribution in [2.45, 2.75) is 13.8 Å². The number of rotatable bonds is 7. The fourth-order valence-corrected chi connectivity index (χ4v) is 2.79. The number of aryl methyl sites for hydroxylation is 1. The van der Waals surface area contributed by atoms with Crippen LogP contribution in [-0.4, -0.2) is 29.9 Å². The van der Waals surface area contributed by atoms with Crippen molar-refractivity contribution in [1.82, 2.24) is 4.98 Å². The zero-order valence-corrected chi connectivity index (χ0v) is 14.6. The maximum Gasteiger partial charge on any atom is 0.259 e. The van der Waals surface area contributed by atoms with Gasteiger partial charge < -0.3 is 16.4 Å². The Balaban J connectivity index is 2.26. The Labute approximate surface area is 148 Å². The van der Waals surface area contributed by atoms with Gasteiger partial charge in [-0.1, -0.05) is 11.3 Å². The van der Waals surface area contributed by atoms with Crippen molar-refractivity contribution in [2.75, 3.05) is 29.0 Å². The maximum absolute atomic E-state index is 12.5. The predicted octanol–water partition coefficient (Wildman–Crippen LogP) is 2.43. The molecule has 0 fully saturated rings. The van der Waals surface area contributed by atoms with Crippen LogP contribution < -0.4 is 21.7 Å². The number of thiazole rings is 1. The molecular weight excluding hydrogens is 344 g/mol. The average molecular weight is 362 g/mol. The van der Waals surface area contributed by atoms with E-state index in [4.69, 9.17) is 5.73 Å². The molecule has 0 radical (unpaired) electrons. The van der Waals surface area contributed by atoms with Crippen molar-refractivity contribution < 1.29 is 9.59 Å². The van der Waals surface area contributed by atoms with Gasteiger partial charge in [-0.3, -0.25) is 14.9 Å². The highest BCUT2D eigenvalue weighted by Crippen LogP contribution is 2.31. The van der Waals surface area contributed by atoms with Crippen LogP contribution in [0.1, 0.15) is 23.0 Å². The molecule has 0 aliphatic rings. The molecule has 1 heterocycles. The number of nitrogens with one attached hydrogen (secondary N) is 3. The molecule has 0 saturated heterocycles. The number of carbonyl (C=O) groups is 2. The third-order valence-corrected chi connectivity index (χ3v) is 4.07. The van der Waals surface area contributed by atoms with Crippen LogP contribution in [0.25, 0.3) is 0 Å². The van der Waals surface area contributed by atoms with E-state index in [-0.39, 0.29) is 21.6 Å². The quantitative estimate of drug-likeness (QED) is 0.558. The topological polar surface area (TPSA) is 139 Å². The molecule has 10 heteroatoms. The molecule has 0 aliphatic heterocycles. The largest absolute Gasteiger partial charge is 0.384 e. The number of carbonyl (C=O) groups excluding carboxylic acids is 2. The van der Waals surface area contributed by atoms with E-state index in [9.17, 15) is 14.5 Å². The molecule has 9 nitrogen and oxygen atoms in total. The Morgan fingerprint density at radius 1 is 1.32 bits per heavy atom. The summed E-state index contributed by atoms with van der Waals surface area (Å²) >= 11 is 0.981. The van der Waals surface area contributed by atoms with Gasteiger partial charge in [0.2, 0.25) is 5.91 Å². The molecule has 0 unspecified atom stereocenters. The second-order valence-electron chi connectivity index (χ2n) is 5.11. The molecule has 1 aromatic heterocycles. The van der Waals surface area contributed by atoms with Crippen molar-refractivity contribution in [3.8, 4) is 0 Å². The van der Waals surface area contributed by atoms with Crippen LogP contribution in [0.2, 0.25) is 0 Å². The van der Waals surface area contributed by atoms with E-state index in [1.165, 1.54) is 6.92 Å². The third kappa shape index (κ3) is 4.81. The molecule has 0 atom stereocenters. The number of aromatic nitrogens is 1. The van der Waals surface area contributed by atoms with Gasteiger partial charge in [-0.15, -0.1) is 4.91 Å². The Bertz CT molecular complexity index is 805. The van der Waals surface area contributed by atoms with E-state index < -0.39 is 5.91 Å². The summed E-state index contributed by atoms with van der Waals surface area (Å²) in [6.07, 6.45) is 0. The normalized spacial score (nSPS) is 10.2. The lowest BCUT2D eigenvalue weighted by Gasteiger charge is -2.12. The van der Waals surface area contributed by atoms with E-state index in [0.717, 1.165) is 17.0 Å². The number of nitrogens with two attached hydrogens (primary N) is 1. The first-order valence-electron chi connectivity index (χ1n) is 7.42. The lowest BCUT2D eigenvalue weighted by atomic mass is 10.1. The lowest BCUT2D eigenvalue weighted by molar-refractivity contribution is -0.114. The maximum atomic E-state index is 12.5. The van der Waals surface area contributed by atoms with Crippen molar-refractivity contribution in [3.05, 3.63) is 34.4 Å². The fourth-order valence-electron chi connectivity index (χ4n) is 2.05. The van der Waals surface area contributed by atoms with Crippen molar-refractivity contribution in [3.63, 3.8) is 0 Å². The van der Waals surface area contributed by atoms with Gasteiger partial charge in [0.25, 0.3) is 5.91 Å². The van der Waals surface area contributed by atoms with E-state index in [0.29, 0.717) is 24.5 Å². The standard InChI is InChI=1S/C15H18N6O3S/c1-8-14(21-24)25-15(18-8)20-13(23)11-4-3-10(17-6-5-16)7-12(11)19-9(2)22/h3-4,7,17H,5-6,16H2,1-2H3,(H,19,22)(H,18,20,23). The van der Waals surface area contributed by atoms with E-state index in [2.05, 4.69) is 26.1 Å². The number of nitroso groups, excluding NO2 is 1. The predicted molar refractivity (Wildman–Crippen MR) is 98.5 cm³/mol. The zero-order valence-electron chi connectivity index (χ0n) is 13.8. The van der Waals surface area contributed by atoms with Crippen molar-refractivity contribution in [2.24, 2.45) is 10.9 Å². The molecule has 132 valence electrons.